The van der Waals surface area contributed by atoms with Crippen LogP contribution in [0.3, 0.4) is 0 Å². The number of rotatable bonds is 7. The Balaban J connectivity index is 2.27. The molecule has 114 valence electrons. The minimum atomic E-state index is -0.688. The molecule has 0 spiro atoms. The quantitative estimate of drug-likeness (QED) is 0.437. The highest BCUT2D eigenvalue weighted by atomic mass is 16.5. The first-order valence-corrected chi connectivity index (χ1v) is 6.41. The first kappa shape index (κ1) is 16.5. The largest absolute Gasteiger partial charge is 0.466 e. The highest BCUT2D eigenvalue weighted by Gasteiger charge is 2.17. The summed E-state index contributed by atoms with van der Waals surface area (Å²) >= 11 is 0. The summed E-state index contributed by atoms with van der Waals surface area (Å²) < 4.78 is 9.35. The van der Waals surface area contributed by atoms with Crippen LogP contribution in [0.15, 0.2) is 35.0 Å². The lowest BCUT2D eigenvalue weighted by Crippen LogP contribution is -2.44. The molecule has 7 heteroatoms. The summed E-state index contributed by atoms with van der Waals surface area (Å²) in [6.07, 6.45) is 4.75. The van der Waals surface area contributed by atoms with Crippen molar-refractivity contribution in [1.82, 2.24) is 10.6 Å². The summed E-state index contributed by atoms with van der Waals surface area (Å²) in [5, 5.41) is 5.15. The third kappa shape index (κ3) is 5.94. The topological polar surface area (TPSA) is 97.6 Å². The van der Waals surface area contributed by atoms with Crippen molar-refractivity contribution in [1.29, 1.82) is 0 Å². The normalized spacial score (nSPS) is 11.9. The summed E-state index contributed by atoms with van der Waals surface area (Å²) in [6.45, 7) is 1.92. The van der Waals surface area contributed by atoms with Crippen LogP contribution in [0, 0.1) is 0 Å². The summed E-state index contributed by atoms with van der Waals surface area (Å²) in [4.78, 5) is 34.2. The molecule has 1 heterocycles. The molecule has 1 unspecified atom stereocenters. The van der Waals surface area contributed by atoms with Crippen LogP contribution >= 0.6 is 0 Å². The number of ether oxygens (including phenoxy) is 1. The third-order valence-corrected chi connectivity index (χ3v) is 2.55. The van der Waals surface area contributed by atoms with Gasteiger partial charge in [-0.2, -0.15) is 0 Å². The maximum Gasteiger partial charge on any atom is 0.330 e. The van der Waals surface area contributed by atoms with E-state index < -0.39 is 17.9 Å². The molecule has 0 radical (unpaired) electrons. The van der Waals surface area contributed by atoms with Crippen molar-refractivity contribution < 1.29 is 23.5 Å². The molecule has 0 aliphatic heterocycles. The second-order valence-electron chi connectivity index (χ2n) is 4.18. The van der Waals surface area contributed by atoms with Crippen LogP contribution in [0.1, 0.15) is 23.9 Å². The second kappa shape index (κ2) is 8.57. The fraction of sp³-hybridized carbons (Fsp3) is 0.357. The SMILES string of the molecule is COC(=O)/C=C/CCNC(=O)C(C)NC(=O)c1ccco1. The smallest absolute Gasteiger partial charge is 0.330 e. The van der Waals surface area contributed by atoms with Gasteiger partial charge in [0.15, 0.2) is 5.76 Å². The number of amides is 2. The molecule has 7 nitrogen and oxygen atoms in total. The van der Waals surface area contributed by atoms with Crippen molar-refractivity contribution in [2.45, 2.75) is 19.4 Å². The Hall–Kier alpha value is -2.57. The lowest BCUT2D eigenvalue weighted by molar-refractivity contribution is -0.134. The molecule has 2 N–H and O–H groups in total. The van der Waals surface area contributed by atoms with E-state index in [0.29, 0.717) is 13.0 Å². The summed E-state index contributed by atoms with van der Waals surface area (Å²) in [5.41, 5.74) is 0. The Morgan fingerprint density at radius 3 is 2.81 bits per heavy atom. The van der Waals surface area contributed by atoms with Gasteiger partial charge in [-0.25, -0.2) is 4.79 Å². The zero-order valence-electron chi connectivity index (χ0n) is 11.9. The van der Waals surface area contributed by atoms with Crippen LogP contribution in [0.5, 0.6) is 0 Å². The Bertz CT molecular complexity index is 507. The highest BCUT2D eigenvalue weighted by Crippen LogP contribution is 2.00. The lowest BCUT2D eigenvalue weighted by Gasteiger charge is -2.12. The van der Waals surface area contributed by atoms with Crippen LogP contribution in [-0.2, 0) is 14.3 Å². The van der Waals surface area contributed by atoms with E-state index in [9.17, 15) is 14.4 Å². The van der Waals surface area contributed by atoms with E-state index in [-0.39, 0.29) is 11.7 Å². The van der Waals surface area contributed by atoms with Crippen LogP contribution < -0.4 is 10.6 Å². The third-order valence-electron chi connectivity index (χ3n) is 2.55. The van der Waals surface area contributed by atoms with Gasteiger partial charge in [-0.1, -0.05) is 6.08 Å². The van der Waals surface area contributed by atoms with E-state index in [0.717, 1.165) is 0 Å². The standard InChI is InChI=1S/C14H18N2O5/c1-10(16-14(19)11-6-5-9-21-11)13(18)15-8-4-3-7-12(17)20-2/h3,5-7,9-10H,4,8H2,1-2H3,(H,15,18)(H,16,19)/b7-3+. The van der Waals surface area contributed by atoms with Gasteiger partial charge >= 0.3 is 5.97 Å². The van der Waals surface area contributed by atoms with Crippen LogP contribution in [-0.4, -0.2) is 37.5 Å². The van der Waals surface area contributed by atoms with Crippen molar-refractivity contribution in [2.24, 2.45) is 0 Å². The molecule has 0 bridgehead atoms. The molecule has 0 aromatic carbocycles. The van der Waals surface area contributed by atoms with Crippen molar-refractivity contribution in [3.63, 3.8) is 0 Å². The molecule has 1 rings (SSSR count). The van der Waals surface area contributed by atoms with Crippen molar-refractivity contribution >= 4 is 17.8 Å². The van der Waals surface area contributed by atoms with Gasteiger partial charge in [0.05, 0.1) is 13.4 Å². The Morgan fingerprint density at radius 2 is 2.19 bits per heavy atom. The van der Waals surface area contributed by atoms with Gasteiger partial charge in [-0.05, 0) is 25.5 Å². The van der Waals surface area contributed by atoms with E-state index in [1.165, 1.54) is 25.5 Å². The maximum atomic E-state index is 11.7. The Kier molecular flexibility index (Phi) is 6.73. The molecule has 0 saturated carbocycles. The Labute approximate surface area is 122 Å². The molecule has 21 heavy (non-hydrogen) atoms. The van der Waals surface area contributed by atoms with E-state index in [2.05, 4.69) is 15.4 Å². The van der Waals surface area contributed by atoms with Gasteiger partial charge in [-0.15, -0.1) is 0 Å². The van der Waals surface area contributed by atoms with Gasteiger partial charge in [0.2, 0.25) is 5.91 Å². The van der Waals surface area contributed by atoms with Gasteiger partial charge in [0.1, 0.15) is 6.04 Å². The van der Waals surface area contributed by atoms with Crippen LogP contribution in [0.2, 0.25) is 0 Å². The van der Waals surface area contributed by atoms with E-state index in [1.54, 1.807) is 19.1 Å². The molecule has 0 saturated heterocycles. The van der Waals surface area contributed by atoms with E-state index in [4.69, 9.17) is 4.42 Å². The minimum Gasteiger partial charge on any atom is -0.466 e. The molecule has 1 atom stereocenters. The second-order valence-corrected chi connectivity index (χ2v) is 4.18. The summed E-state index contributed by atoms with van der Waals surface area (Å²) in [7, 11) is 1.29. The fourth-order valence-corrected chi connectivity index (χ4v) is 1.42. The van der Waals surface area contributed by atoms with Crippen molar-refractivity contribution in [3.8, 4) is 0 Å². The van der Waals surface area contributed by atoms with Crippen molar-refractivity contribution in [3.05, 3.63) is 36.3 Å². The zero-order chi connectivity index (χ0) is 15.7. The summed E-state index contributed by atoms with van der Waals surface area (Å²) in [6, 6.07) is 2.41. The van der Waals surface area contributed by atoms with Gasteiger partial charge in [0.25, 0.3) is 5.91 Å². The fourth-order valence-electron chi connectivity index (χ4n) is 1.42. The lowest BCUT2D eigenvalue weighted by atomic mass is 10.3. The van der Waals surface area contributed by atoms with E-state index in [1.807, 2.05) is 0 Å². The maximum absolute atomic E-state index is 11.7. The van der Waals surface area contributed by atoms with Gasteiger partial charge in [-0.3, -0.25) is 9.59 Å². The first-order chi connectivity index (χ1) is 10.0. The zero-order valence-corrected chi connectivity index (χ0v) is 11.9. The first-order valence-electron chi connectivity index (χ1n) is 6.41. The van der Waals surface area contributed by atoms with E-state index >= 15 is 0 Å². The molecule has 0 aliphatic rings. The number of hydrogen-bond donors (Lipinski definition) is 2. The highest BCUT2D eigenvalue weighted by molar-refractivity contribution is 5.95. The van der Waals surface area contributed by atoms with Gasteiger partial charge < -0.3 is 19.8 Å². The number of methoxy groups -OCH3 is 1. The van der Waals surface area contributed by atoms with Gasteiger partial charge in [0, 0.05) is 12.6 Å². The average Bonchev–Trinajstić information content (AvgIpc) is 3.00. The van der Waals surface area contributed by atoms with Crippen LogP contribution in [0.25, 0.3) is 0 Å². The number of carbonyl (C=O) groups excluding carboxylic acids is 3. The number of nitrogens with one attached hydrogen (secondary N) is 2. The minimum absolute atomic E-state index is 0.149. The number of hydrogen-bond acceptors (Lipinski definition) is 5. The van der Waals surface area contributed by atoms with Crippen molar-refractivity contribution in [2.75, 3.05) is 13.7 Å². The molecule has 2 amide bonds. The summed E-state index contributed by atoms with van der Waals surface area (Å²) in [5.74, 6) is -1.06. The molecule has 1 aromatic heterocycles. The number of furan rings is 1. The number of carbonyl (C=O) groups is 3. The molecule has 1 aromatic rings. The van der Waals surface area contributed by atoms with Crippen LogP contribution in [0.4, 0.5) is 0 Å². The average molecular weight is 294 g/mol. The molecular weight excluding hydrogens is 276 g/mol. The molecular formula is C14H18N2O5. The monoisotopic (exact) mass is 294 g/mol. The molecule has 0 fully saturated rings. The number of esters is 1. The predicted octanol–water partition coefficient (Wildman–Crippen LogP) is 0.633. The molecule has 0 aliphatic carbocycles. The Morgan fingerprint density at radius 1 is 1.43 bits per heavy atom. The predicted molar refractivity (Wildman–Crippen MR) is 74.4 cm³/mol.